The quantitative estimate of drug-likeness (QED) is 0.660. The highest BCUT2D eigenvalue weighted by Crippen LogP contribution is 2.31. The molecule has 18 heavy (non-hydrogen) atoms. The van der Waals surface area contributed by atoms with Gasteiger partial charge in [-0.15, -0.1) is 0 Å². The number of hydrazine groups is 1. The summed E-state index contributed by atoms with van der Waals surface area (Å²) in [7, 11) is 1.64. The highest BCUT2D eigenvalue weighted by atomic mass is 35.5. The van der Waals surface area contributed by atoms with E-state index in [2.05, 4.69) is 5.43 Å². The van der Waals surface area contributed by atoms with Gasteiger partial charge in [-0.3, -0.25) is 5.84 Å². The Bertz CT molecular complexity index is 540. The van der Waals surface area contributed by atoms with E-state index in [4.69, 9.17) is 26.6 Å². The predicted molar refractivity (Wildman–Crippen MR) is 70.6 cm³/mol. The lowest BCUT2D eigenvalue weighted by atomic mass is 9.97. The number of halogens is 1. The zero-order valence-corrected chi connectivity index (χ0v) is 11.0. The summed E-state index contributed by atoms with van der Waals surface area (Å²) >= 11 is 5.99. The van der Waals surface area contributed by atoms with Gasteiger partial charge in [-0.2, -0.15) is 0 Å². The van der Waals surface area contributed by atoms with Crippen molar-refractivity contribution in [2.24, 2.45) is 5.84 Å². The van der Waals surface area contributed by atoms with Crippen LogP contribution in [0.1, 0.15) is 22.7 Å². The predicted octanol–water partition coefficient (Wildman–Crippen LogP) is 2.80. The fraction of sp³-hybridized carbons (Fsp3) is 0.231. The first-order chi connectivity index (χ1) is 8.67. The first kappa shape index (κ1) is 13.0. The van der Waals surface area contributed by atoms with Gasteiger partial charge in [0.05, 0.1) is 19.4 Å². The molecule has 2 rings (SSSR count). The van der Waals surface area contributed by atoms with Crippen molar-refractivity contribution in [3.05, 3.63) is 52.4 Å². The van der Waals surface area contributed by atoms with Gasteiger partial charge in [0, 0.05) is 5.56 Å². The summed E-state index contributed by atoms with van der Waals surface area (Å²) in [5, 5.41) is 0.341. The lowest BCUT2D eigenvalue weighted by molar-refractivity contribution is 0.414. The number of ether oxygens (including phenoxy) is 1. The molecule has 0 amide bonds. The van der Waals surface area contributed by atoms with Crippen molar-refractivity contribution in [1.82, 2.24) is 5.43 Å². The van der Waals surface area contributed by atoms with Gasteiger partial charge in [0.15, 0.2) is 5.22 Å². The molecule has 0 bridgehead atoms. The number of hydrogen-bond acceptors (Lipinski definition) is 4. The zero-order chi connectivity index (χ0) is 13.1. The maximum absolute atomic E-state index is 5.99. The standard InChI is InChI=1S/C13H15ClN2O2/c1-8-7-9(17-2)3-4-10(8)12(16-15)11-5-6-18-13(11)14/h3-7,12,16H,15H2,1-2H3. The van der Waals surface area contributed by atoms with Crippen molar-refractivity contribution in [1.29, 1.82) is 0 Å². The molecular formula is C13H15ClN2O2. The minimum atomic E-state index is -0.206. The molecule has 2 aromatic rings. The molecule has 96 valence electrons. The van der Waals surface area contributed by atoms with Gasteiger partial charge in [-0.25, -0.2) is 5.43 Å². The fourth-order valence-corrected chi connectivity index (χ4v) is 2.18. The third-order valence-corrected chi connectivity index (χ3v) is 3.22. The summed E-state index contributed by atoms with van der Waals surface area (Å²) in [6.45, 7) is 2.00. The van der Waals surface area contributed by atoms with Crippen LogP contribution in [-0.2, 0) is 0 Å². The minimum Gasteiger partial charge on any atom is -0.497 e. The third kappa shape index (κ3) is 2.36. The molecule has 0 aliphatic heterocycles. The van der Waals surface area contributed by atoms with Crippen LogP contribution in [0.2, 0.25) is 5.22 Å². The average Bonchev–Trinajstić information content (AvgIpc) is 2.78. The summed E-state index contributed by atoms with van der Waals surface area (Å²) in [6, 6.07) is 7.40. The van der Waals surface area contributed by atoms with Gasteiger partial charge in [0.25, 0.3) is 0 Å². The molecule has 0 aliphatic carbocycles. The molecule has 3 N–H and O–H groups in total. The van der Waals surface area contributed by atoms with Crippen molar-refractivity contribution in [3.63, 3.8) is 0 Å². The first-order valence-corrected chi connectivity index (χ1v) is 5.88. The summed E-state index contributed by atoms with van der Waals surface area (Å²) in [6.07, 6.45) is 1.54. The maximum Gasteiger partial charge on any atom is 0.198 e. The van der Waals surface area contributed by atoms with E-state index in [0.717, 1.165) is 22.4 Å². The Morgan fingerprint density at radius 1 is 1.33 bits per heavy atom. The Balaban J connectivity index is 2.42. The molecule has 5 heteroatoms. The van der Waals surface area contributed by atoms with E-state index in [9.17, 15) is 0 Å². The van der Waals surface area contributed by atoms with E-state index in [1.165, 1.54) is 0 Å². The normalized spacial score (nSPS) is 12.4. The minimum absolute atomic E-state index is 0.206. The van der Waals surface area contributed by atoms with Crippen molar-refractivity contribution in [2.75, 3.05) is 7.11 Å². The Morgan fingerprint density at radius 3 is 2.61 bits per heavy atom. The Labute approximate surface area is 111 Å². The Morgan fingerprint density at radius 2 is 2.11 bits per heavy atom. The number of furan rings is 1. The fourth-order valence-electron chi connectivity index (χ4n) is 1.96. The number of aryl methyl sites for hydroxylation is 1. The van der Waals surface area contributed by atoms with Gasteiger partial charge < -0.3 is 9.15 Å². The van der Waals surface area contributed by atoms with Crippen LogP contribution in [0.3, 0.4) is 0 Å². The second-order valence-corrected chi connectivity index (χ2v) is 4.32. The van der Waals surface area contributed by atoms with E-state index in [1.54, 1.807) is 19.4 Å². The Kier molecular flexibility index (Phi) is 3.91. The number of rotatable bonds is 4. The summed E-state index contributed by atoms with van der Waals surface area (Å²) < 4.78 is 10.3. The van der Waals surface area contributed by atoms with Crippen LogP contribution in [0.4, 0.5) is 0 Å². The number of methoxy groups -OCH3 is 1. The van der Waals surface area contributed by atoms with Crippen LogP contribution in [0.5, 0.6) is 5.75 Å². The van der Waals surface area contributed by atoms with Crippen LogP contribution < -0.4 is 16.0 Å². The lowest BCUT2D eigenvalue weighted by Crippen LogP contribution is -2.29. The molecule has 0 saturated heterocycles. The highest BCUT2D eigenvalue weighted by molar-refractivity contribution is 6.29. The average molecular weight is 267 g/mol. The second-order valence-electron chi connectivity index (χ2n) is 3.97. The van der Waals surface area contributed by atoms with Gasteiger partial charge in [0.1, 0.15) is 5.75 Å². The van der Waals surface area contributed by atoms with Crippen molar-refractivity contribution < 1.29 is 9.15 Å². The number of hydrogen-bond donors (Lipinski definition) is 2. The zero-order valence-electron chi connectivity index (χ0n) is 10.2. The molecule has 1 unspecified atom stereocenters. The SMILES string of the molecule is COc1ccc(C(NN)c2ccoc2Cl)c(C)c1. The van der Waals surface area contributed by atoms with Crippen LogP contribution >= 0.6 is 11.6 Å². The summed E-state index contributed by atoms with van der Waals surface area (Å²) in [4.78, 5) is 0. The number of nitrogens with one attached hydrogen (secondary N) is 1. The van der Waals surface area contributed by atoms with Gasteiger partial charge in [-0.1, -0.05) is 6.07 Å². The Hall–Kier alpha value is -1.49. The van der Waals surface area contributed by atoms with Crippen LogP contribution in [-0.4, -0.2) is 7.11 Å². The van der Waals surface area contributed by atoms with Gasteiger partial charge in [-0.05, 0) is 47.9 Å². The van der Waals surface area contributed by atoms with Crippen molar-refractivity contribution in [2.45, 2.75) is 13.0 Å². The van der Waals surface area contributed by atoms with E-state index in [-0.39, 0.29) is 6.04 Å². The van der Waals surface area contributed by atoms with E-state index < -0.39 is 0 Å². The first-order valence-electron chi connectivity index (χ1n) is 5.51. The van der Waals surface area contributed by atoms with Gasteiger partial charge >= 0.3 is 0 Å². The monoisotopic (exact) mass is 266 g/mol. The smallest absolute Gasteiger partial charge is 0.198 e. The van der Waals surface area contributed by atoms with Crippen molar-refractivity contribution in [3.8, 4) is 5.75 Å². The van der Waals surface area contributed by atoms with Crippen LogP contribution in [0.25, 0.3) is 0 Å². The molecule has 0 aliphatic rings. The molecule has 1 heterocycles. The highest BCUT2D eigenvalue weighted by Gasteiger charge is 2.19. The van der Waals surface area contributed by atoms with E-state index >= 15 is 0 Å². The maximum atomic E-state index is 5.99. The molecule has 0 fully saturated rings. The van der Waals surface area contributed by atoms with Crippen molar-refractivity contribution >= 4 is 11.6 Å². The molecule has 0 spiro atoms. The lowest BCUT2D eigenvalue weighted by Gasteiger charge is -2.18. The largest absolute Gasteiger partial charge is 0.497 e. The number of benzene rings is 1. The molecule has 0 radical (unpaired) electrons. The van der Waals surface area contributed by atoms with Gasteiger partial charge in [0.2, 0.25) is 0 Å². The van der Waals surface area contributed by atoms with E-state index in [0.29, 0.717) is 5.22 Å². The topological polar surface area (TPSA) is 60.4 Å². The molecule has 1 atom stereocenters. The molecule has 4 nitrogen and oxygen atoms in total. The summed E-state index contributed by atoms with van der Waals surface area (Å²) in [5.41, 5.74) is 5.66. The third-order valence-electron chi connectivity index (χ3n) is 2.91. The van der Waals surface area contributed by atoms with E-state index in [1.807, 2.05) is 25.1 Å². The molecule has 1 aromatic carbocycles. The van der Waals surface area contributed by atoms with Crippen LogP contribution in [0, 0.1) is 6.92 Å². The second kappa shape index (κ2) is 5.44. The van der Waals surface area contributed by atoms with Crippen LogP contribution in [0.15, 0.2) is 34.9 Å². The number of nitrogens with two attached hydrogens (primary N) is 1. The molecule has 1 aromatic heterocycles. The summed E-state index contributed by atoms with van der Waals surface area (Å²) in [5.74, 6) is 6.43. The molecule has 0 saturated carbocycles. The molecular weight excluding hydrogens is 252 g/mol.